The Morgan fingerprint density at radius 1 is 1.03 bits per heavy atom. The number of carbonyl (C=O) groups excluding carboxylic acids is 1. The van der Waals surface area contributed by atoms with Crippen molar-refractivity contribution in [1.29, 1.82) is 0 Å². The van der Waals surface area contributed by atoms with E-state index in [9.17, 15) is 13.2 Å². The summed E-state index contributed by atoms with van der Waals surface area (Å²) in [5.74, 6) is 0.895. The van der Waals surface area contributed by atoms with Gasteiger partial charge in [-0.1, -0.05) is 24.3 Å². The number of rotatable bonds is 7. The van der Waals surface area contributed by atoms with Gasteiger partial charge in [-0.2, -0.15) is 4.31 Å². The van der Waals surface area contributed by atoms with E-state index in [0.717, 1.165) is 35.7 Å². The van der Waals surface area contributed by atoms with Crippen molar-refractivity contribution in [2.45, 2.75) is 31.6 Å². The highest BCUT2D eigenvalue weighted by Crippen LogP contribution is 2.25. The van der Waals surface area contributed by atoms with Crippen molar-refractivity contribution in [3.8, 4) is 11.4 Å². The Hall–Kier alpha value is -3.10. The minimum atomic E-state index is -3.46. The molecule has 0 atom stereocenters. The first-order valence-electron chi connectivity index (χ1n) is 11.5. The zero-order valence-electron chi connectivity index (χ0n) is 19.8. The summed E-state index contributed by atoms with van der Waals surface area (Å²) in [6, 6.07) is 18.2. The van der Waals surface area contributed by atoms with E-state index >= 15 is 0 Å². The molecule has 1 aliphatic rings. The third-order valence-corrected chi connectivity index (χ3v) is 8.41. The van der Waals surface area contributed by atoms with Crippen molar-refractivity contribution in [2.75, 3.05) is 26.7 Å². The quantitative estimate of drug-likeness (QED) is 0.554. The molecule has 8 heteroatoms. The van der Waals surface area contributed by atoms with Crippen LogP contribution in [0.1, 0.15) is 34.6 Å². The molecule has 0 bridgehead atoms. The number of ether oxygens (including phenoxy) is 1. The largest absolute Gasteiger partial charge is 0.497 e. The molecule has 2 heterocycles. The summed E-state index contributed by atoms with van der Waals surface area (Å²) >= 11 is 0. The fourth-order valence-corrected chi connectivity index (χ4v) is 6.06. The summed E-state index contributed by atoms with van der Waals surface area (Å²) < 4.78 is 34.6. The van der Waals surface area contributed by atoms with Crippen molar-refractivity contribution in [3.63, 3.8) is 0 Å². The summed E-state index contributed by atoms with van der Waals surface area (Å²) in [5, 5.41) is 3.06. The average Bonchev–Trinajstić information content (AvgIpc) is 3.17. The van der Waals surface area contributed by atoms with Crippen LogP contribution in [0.4, 0.5) is 0 Å². The number of amides is 1. The molecule has 0 saturated carbocycles. The molecule has 0 unspecified atom stereocenters. The van der Waals surface area contributed by atoms with Gasteiger partial charge in [-0.05, 0) is 62.9 Å². The number of hydrogen-bond donors (Lipinski definition) is 1. The number of nitrogens with one attached hydrogen (secondary N) is 1. The number of sulfonamides is 1. The van der Waals surface area contributed by atoms with E-state index in [2.05, 4.69) is 5.32 Å². The minimum absolute atomic E-state index is 0.110. The lowest BCUT2D eigenvalue weighted by molar-refractivity contribution is 0.0941. The summed E-state index contributed by atoms with van der Waals surface area (Å²) in [6.07, 6.45) is 1.43. The molecule has 2 aromatic carbocycles. The van der Waals surface area contributed by atoms with Crippen LogP contribution >= 0.6 is 0 Å². The van der Waals surface area contributed by atoms with Gasteiger partial charge in [0.2, 0.25) is 10.0 Å². The second kappa shape index (κ2) is 10.0. The maximum Gasteiger partial charge on any atom is 0.253 e. The summed E-state index contributed by atoms with van der Waals surface area (Å²) in [5.41, 5.74) is 3.42. The fourth-order valence-electron chi connectivity index (χ4n) is 4.57. The Kier molecular flexibility index (Phi) is 7.09. The van der Waals surface area contributed by atoms with E-state index in [1.165, 1.54) is 0 Å². The van der Waals surface area contributed by atoms with Gasteiger partial charge in [0.05, 0.1) is 17.6 Å². The smallest absolute Gasteiger partial charge is 0.253 e. The highest BCUT2D eigenvalue weighted by Gasteiger charge is 2.29. The maximum absolute atomic E-state index is 13.0. The topological polar surface area (TPSA) is 80.6 Å². The number of nitrogens with zero attached hydrogens (tertiary/aromatic N) is 2. The average molecular weight is 482 g/mol. The molecule has 1 amide bonds. The predicted molar refractivity (Wildman–Crippen MR) is 132 cm³/mol. The molecular weight excluding hydrogens is 450 g/mol. The van der Waals surface area contributed by atoms with Gasteiger partial charge >= 0.3 is 0 Å². The van der Waals surface area contributed by atoms with E-state index in [0.29, 0.717) is 30.1 Å². The first kappa shape index (κ1) is 24.0. The lowest BCUT2D eigenvalue weighted by Crippen LogP contribution is -2.41. The summed E-state index contributed by atoms with van der Waals surface area (Å²) in [4.78, 5) is 13.3. The van der Waals surface area contributed by atoms with Gasteiger partial charge in [0.1, 0.15) is 5.75 Å². The fraction of sp³-hybridized carbons (Fsp3) is 0.346. The van der Waals surface area contributed by atoms with Crippen LogP contribution in [0, 0.1) is 19.8 Å². The molecule has 34 heavy (non-hydrogen) atoms. The molecule has 0 aliphatic carbocycles. The number of carbonyl (C=O) groups is 1. The van der Waals surface area contributed by atoms with E-state index in [4.69, 9.17) is 4.74 Å². The first-order chi connectivity index (χ1) is 16.3. The lowest BCUT2D eigenvalue weighted by atomic mass is 9.98. The van der Waals surface area contributed by atoms with Gasteiger partial charge < -0.3 is 14.6 Å². The van der Waals surface area contributed by atoms with Crippen molar-refractivity contribution >= 4 is 15.9 Å². The van der Waals surface area contributed by atoms with E-state index in [-0.39, 0.29) is 11.8 Å². The zero-order valence-corrected chi connectivity index (χ0v) is 20.6. The SMILES string of the molecule is COc1cccc(-n2c(C)cc(C(=O)NCC3CCN(S(=O)(=O)c4ccccc4)CC3)c2C)c1. The number of aromatic nitrogens is 1. The maximum atomic E-state index is 13.0. The number of benzene rings is 2. The second-order valence-corrected chi connectivity index (χ2v) is 10.6. The van der Waals surface area contributed by atoms with E-state index < -0.39 is 10.0 Å². The van der Waals surface area contributed by atoms with Crippen LogP contribution < -0.4 is 10.1 Å². The Bertz CT molecular complexity index is 1260. The number of piperidine rings is 1. The summed E-state index contributed by atoms with van der Waals surface area (Å²) in [7, 11) is -1.83. The zero-order chi connectivity index (χ0) is 24.3. The molecule has 1 aromatic heterocycles. The Morgan fingerprint density at radius 3 is 2.41 bits per heavy atom. The van der Waals surface area contributed by atoms with Crippen LogP contribution in [0.3, 0.4) is 0 Å². The molecule has 1 saturated heterocycles. The molecule has 0 spiro atoms. The third kappa shape index (κ3) is 4.88. The molecule has 180 valence electrons. The van der Waals surface area contributed by atoms with Gasteiger partial charge in [0.25, 0.3) is 5.91 Å². The normalized spacial score (nSPS) is 15.3. The van der Waals surface area contributed by atoms with Crippen LogP contribution in [0.2, 0.25) is 0 Å². The monoisotopic (exact) mass is 481 g/mol. The van der Waals surface area contributed by atoms with E-state index in [1.807, 2.05) is 54.8 Å². The lowest BCUT2D eigenvalue weighted by Gasteiger charge is -2.31. The van der Waals surface area contributed by atoms with Gasteiger partial charge in [-0.25, -0.2) is 8.42 Å². The van der Waals surface area contributed by atoms with Gasteiger partial charge in [-0.3, -0.25) is 4.79 Å². The highest BCUT2D eigenvalue weighted by atomic mass is 32.2. The molecule has 3 aromatic rings. The minimum Gasteiger partial charge on any atom is -0.497 e. The Labute approximate surface area is 201 Å². The predicted octanol–water partition coefficient (Wildman–Crippen LogP) is 3.93. The van der Waals surface area contributed by atoms with Gasteiger partial charge in [0.15, 0.2) is 0 Å². The van der Waals surface area contributed by atoms with Crippen LogP contribution in [0.15, 0.2) is 65.6 Å². The highest BCUT2D eigenvalue weighted by molar-refractivity contribution is 7.89. The Balaban J connectivity index is 1.37. The molecule has 0 radical (unpaired) electrons. The first-order valence-corrected chi connectivity index (χ1v) is 12.9. The molecule has 1 N–H and O–H groups in total. The molecule has 1 fully saturated rings. The molecular formula is C26H31N3O4S. The van der Waals surface area contributed by atoms with Crippen LogP contribution in [-0.2, 0) is 10.0 Å². The summed E-state index contributed by atoms with van der Waals surface area (Å²) in [6.45, 7) is 5.37. The molecule has 7 nitrogen and oxygen atoms in total. The molecule has 1 aliphatic heterocycles. The van der Waals surface area contributed by atoms with Crippen LogP contribution in [-0.4, -0.2) is 49.9 Å². The van der Waals surface area contributed by atoms with Gasteiger partial charge in [-0.15, -0.1) is 0 Å². The van der Waals surface area contributed by atoms with E-state index in [1.54, 1.807) is 35.7 Å². The van der Waals surface area contributed by atoms with Crippen LogP contribution in [0.25, 0.3) is 5.69 Å². The van der Waals surface area contributed by atoms with Crippen molar-refractivity contribution in [1.82, 2.24) is 14.2 Å². The van der Waals surface area contributed by atoms with Crippen LogP contribution in [0.5, 0.6) is 5.75 Å². The van der Waals surface area contributed by atoms with Crippen molar-refractivity contribution in [3.05, 3.63) is 77.6 Å². The van der Waals surface area contributed by atoms with Crippen molar-refractivity contribution < 1.29 is 17.9 Å². The standard InChI is InChI=1S/C26H31N3O4S/c1-19-16-25(20(2)29(19)22-8-7-9-23(17-22)33-3)26(30)27-18-21-12-14-28(15-13-21)34(31,32)24-10-5-4-6-11-24/h4-11,16-17,21H,12-15,18H2,1-3H3,(H,27,30). The van der Waals surface area contributed by atoms with Crippen molar-refractivity contribution in [2.24, 2.45) is 5.92 Å². The number of aryl methyl sites for hydroxylation is 1. The number of hydrogen-bond acceptors (Lipinski definition) is 4. The number of methoxy groups -OCH3 is 1. The Morgan fingerprint density at radius 2 is 1.74 bits per heavy atom. The molecule has 4 rings (SSSR count). The second-order valence-electron chi connectivity index (χ2n) is 8.69. The third-order valence-electron chi connectivity index (χ3n) is 6.49. The van der Waals surface area contributed by atoms with Gasteiger partial charge in [0, 0.05) is 42.8 Å².